The van der Waals surface area contributed by atoms with Gasteiger partial charge in [-0.3, -0.25) is 9.59 Å². The molecule has 0 radical (unpaired) electrons. The maximum Gasteiger partial charge on any atom is 0.234 e. The number of carbonyl (C=O) groups excluding carboxylic acids is 2. The third-order valence-electron chi connectivity index (χ3n) is 3.76. The number of thiophene rings is 1. The van der Waals surface area contributed by atoms with Crippen LogP contribution < -0.4 is 10.6 Å². The summed E-state index contributed by atoms with van der Waals surface area (Å²) in [4.78, 5) is 25.4. The first-order valence-electron chi connectivity index (χ1n) is 8.49. The third kappa shape index (κ3) is 5.70. The molecule has 4 nitrogen and oxygen atoms in total. The lowest BCUT2D eigenvalue weighted by atomic mass is 10.1. The molecule has 0 fully saturated rings. The van der Waals surface area contributed by atoms with Gasteiger partial charge in [0.25, 0.3) is 0 Å². The van der Waals surface area contributed by atoms with Gasteiger partial charge < -0.3 is 10.6 Å². The van der Waals surface area contributed by atoms with Gasteiger partial charge in [-0.1, -0.05) is 36.4 Å². The molecule has 1 aromatic heterocycles. The molecule has 0 aliphatic heterocycles. The summed E-state index contributed by atoms with van der Waals surface area (Å²) in [5, 5.41) is 7.80. The standard InChI is InChI=1S/C21H20N2O2S2/c1-15-6-4-7-16(12-15)22-20(24)13-26-14-21(25)23-18-9-3-2-8-17(18)19-10-5-11-27-19/h2-12H,13-14H2,1H3,(H,22,24)(H,23,25). The molecule has 0 aliphatic rings. The van der Waals surface area contributed by atoms with Crippen LogP contribution in [0.15, 0.2) is 66.0 Å². The fourth-order valence-electron chi connectivity index (χ4n) is 2.58. The van der Waals surface area contributed by atoms with Crippen LogP contribution in [0, 0.1) is 6.92 Å². The minimum absolute atomic E-state index is 0.114. The van der Waals surface area contributed by atoms with Crippen LogP contribution in [0.5, 0.6) is 0 Å². The average molecular weight is 397 g/mol. The molecule has 0 bridgehead atoms. The third-order valence-corrected chi connectivity index (χ3v) is 5.59. The van der Waals surface area contributed by atoms with Crippen molar-refractivity contribution in [3.63, 3.8) is 0 Å². The average Bonchev–Trinajstić information content (AvgIpc) is 3.16. The number of hydrogen-bond donors (Lipinski definition) is 2. The van der Waals surface area contributed by atoms with E-state index in [1.807, 2.05) is 73.0 Å². The first kappa shape index (κ1) is 19.2. The van der Waals surface area contributed by atoms with Gasteiger partial charge in [-0.15, -0.1) is 23.1 Å². The van der Waals surface area contributed by atoms with E-state index in [2.05, 4.69) is 10.6 Å². The summed E-state index contributed by atoms with van der Waals surface area (Å²) in [5.41, 5.74) is 3.65. The quantitative estimate of drug-likeness (QED) is 0.589. The van der Waals surface area contributed by atoms with Crippen molar-refractivity contribution in [1.82, 2.24) is 0 Å². The van der Waals surface area contributed by atoms with E-state index in [1.54, 1.807) is 11.3 Å². The highest BCUT2D eigenvalue weighted by molar-refractivity contribution is 8.00. The van der Waals surface area contributed by atoms with E-state index in [0.29, 0.717) is 0 Å². The molecule has 0 saturated heterocycles. The minimum Gasteiger partial charge on any atom is -0.325 e. The largest absolute Gasteiger partial charge is 0.325 e. The van der Waals surface area contributed by atoms with Gasteiger partial charge in [0, 0.05) is 21.8 Å². The van der Waals surface area contributed by atoms with Gasteiger partial charge in [0.05, 0.1) is 11.5 Å². The van der Waals surface area contributed by atoms with Crippen LogP contribution in [0.4, 0.5) is 11.4 Å². The lowest BCUT2D eigenvalue weighted by molar-refractivity contribution is -0.114. The van der Waals surface area contributed by atoms with Crippen LogP contribution in [0.2, 0.25) is 0 Å². The maximum absolute atomic E-state index is 12.3. The molecule has 2 amide bonds. The molecule has 6 heteroatoms. The van der Waals surface area contributed by atoms with E-state index in [1.165, 1.54) is 11.8 Å². The van der Waals surface area contributed by atoms with Crippen molar-refractivity contribution in [2.75, 3.05) is 22.1 Å². The zero-order valence-corrected chi connectivity index (χ0v) is 16.5. The normalized spacial score (nSPS) is 10.4. The number of amides is 2. The highest BCUT2D eigenvalue weighted by Crippen LogP contribution is 2.31. The second kappa shape index (κ2) is 9.39. The second-order valence-corrected chi connectivity index (χ2v) is 7.91. The SMILES string of the molecule is Cc1cccc(NC(=O)CSCC(=O)Nc2ccccc2-c2cccs2)c1. The Labute approximate surface area is 167 Å². The Morgan fingerprint density at radius 1 is 0.926 bits per heavy atom. The van der Waals surface area contributed by atoms with Crippen LogP contribution in [0.1, 0.15) is 5.56 Å². The van der Waals surface area contributed by atoms with Crippen LogP contribution >= 0.6 is 23.1 Å². The number of nitrogens with one attached hydrogen (secondary N) is 2. The number of anilines is 2. The van der Waals surface area contributed by atoms with E-state index in [0.717, 1.165) is 27.4 Å². The van der Waals surface area contributed by atoms with Crippen LogP contribution in [0.3, 0.4) is 0 Å². The van der Waals surface area contributed by atoms with Crippen LogP contribution in [-0.4, -0.2) is 23.3 Å². The summed E-state index contributed by atoms with van der Waals surface area (Å²) in [6, 6.07) is 19.4. The van der Waals surface area contributed by atoms with Crippen molar-refractivity contribution in [2.45, 2.75) is 6.92 Å². The molecule has 2 N–H and O–H groups in total. The van der Waals surface area contributed by atoms with Crippen molar-refractivity contribution in [3.05, 3.63) is 71.6 Å². The van der Waals surface area contributed by atoms with Crippen molar-refractivity contribution >= 4 is 46.3 Å². The Morgan fingerprint density at radius 2 is 1.70 bits per heavy atom. The Kier molecular flexibility index (Phi) is 6.68. The predicted octanol–water partition coefficient (Wildman–Crippen LogP) is 5.03. The number of benzene rings is 2. The first-order valence-corrected chi connectivity index (χ1v) is 10.5. The van der Waals surface area contributed by atoms with E-state index in [-0.39, 0.29) is 23.3 Å². The fourth-order valence-corrected chi connectivity index (χ4v) is 3.96. The first-order chi connectivity index (χ1) is 13.1. The lowest BCUT2D eigenvalue weighted by Gasteiger charge is -2.10. The van der Waals surface area contributed by atoms with Crippen LogP contribution in [0.25, 0.3) is 10.4 Å². The van der Waals surface area contributed by atoms with Gasteiger partial charge in [0.2, 0.25) is 11.8 Å². The zero-order chi connectivity index (χ0) is 19.1. The van der Waals surface area contributed by atoms with Gasteiger partial charge >= 0.3 is 0 Å². The summed E-state index contributed by atoms with van der Waals surface area (Å²) in [5.74, 6) is 0.221. The summed E-state index contributed by atoms with van der Waals surface area (Å²) in [6.07, 6.45) is 0. The second-order valence-electron chi connectivity index (χ2n) is 5.98. The van der Waals surface area contributed by atoms with Crippen molar-refractivity contribution in [3.8, 4) is 10.4 Å². The molecule has 1 heterocycles. The Morgan fingerprint density at radius 3 is 2.44 bits per heavy atom. The molecule has 0 atom stereocenters. The monoisotopic (exact) mass is 396 g/mol. The van der Waals surface area contributed by atoms with Gasteiger partial charge in [0.1, 0.15) is 0 Å². The molecule has 138 valence electrons. The predicted molar refractivity (Wildman–Crippen MR) is 116 cm³/mol. The van der Waals surface area contributed by atoms with E-state index >= 15 is 0 Å². The summed E-state index contributed by atoms with van der Waals surface area (Å²) >= 11 is 2.93. The highest BCUT2D eigenvalue weighted by atomic mass is 32.2. The Hall–Kier alpha value is -2.57. The number of para-hydroxylation sites is 1. The van der Waals surface area contributed by atoms with Crippen molar-refractivity contribution in [2.24, 2.45) is 0 Å². The Bertz CT molecular complexity index is 923. The number of rotatable bonds is 7. The molecule has 3 aromatic rings. The molecule has 0 unspecified atom stereocenters. The molecule has 0 aliphatic carbocycles. The smallest absolute Gasteiger partial charge is 0.234 e. The topological polar surface area (TPSA) is 58.2 Å². The molecular formula is C21H20N2O2S2. The minimum atomic E-state index is -0.118. The Balaban J connectivity index is 1.49. The highest BCUT2D eigenvalue weighted by Gasteiger charge is 2.10. The summed E-state index contributed by atoms with van der Waals surface area (Å²) in [6.45, 7) is 1.97. The summed E-state index contributed by atoms with van der Waals surface area (Å²) < 4.78 is 0. The van der Waals surface area contributed by atoms with Gasteiger partial charge in [-0.25, -0.2) is 0 Å². The summed E-state index contributed by atoms with van der Waals surface area (Å²) in [7, 11) is 0. The number of hydrogen-bond acceptors (Lipinski definition) is 4. The van der Waals surface area contributed by atoms with Gasteiger partial charge in [0.15, 0.2) is 0 Å². The number of aryl methyl sites for hydroxylation is 1. The van der Waals surface area contributed by atoms with Gasteiger partial charge in [-0.05, 0) is 42.1 Å². The maximum atomic E-state index is 12.3. The van der Waals surface area contributed by atoms with E-state index < -0.39 is 0 Å². The molecule has 2 aromatic carbocycles. The lowest BCUT2D eigenvalue weighted by Crippen LogP contribution is -2.18. The molecular weight excluding hydrogens is 376 g/mol. The fraction of sp³-hybridized carbons (Fsp3) is 0.143. The number of carbonyl (C=O) groups is 2. The van der Waals surface area contributed by atoms with Gasteiger partial charge in [-0.2, -0.15) is 0 Å². The van der Waals surface area contributed by atoms with Crippen molar-refractivity contribution < 1.29 is 9.59 Å². The molecule has 0 spiro atoms. The van der Waals surface area contributed by atoms with E-state index in [9.17, 15) is 9.59 Å². The molecule has 3 rings (SSSR count). The van der Waals surface area contributed by atoms with Crippen molar-refractivity contribution in [1.29, 1.82) is 0 Å². The van der Waals surface area contributed by atoms with E-state index in [4.69, 9.17) is 0 Å². The zero-order valence-electron chi connectivity index (χ0n) is 14.9. The molecule has 27 heavy (non-hydrogen) atoms. The molecule has 0 saturated carbocycles. The van der Waals surface area contributed by atoms with Crippen LogP contribution in [-0.2, 0) is 9.59 Å². The number of thioether (sulfide) groups is 1.